The van der Waals surface area contributed by atoms with Gasteiger partial charge in [0.15, 0.2) is 0 Å². The first-order chi connectivity index (χ1) is 17.5. The first-order valence-electron chi connectivity index (χ1n) is 11.8. The summed E-state index contributed by atoms with van der Waals surface area (Å²) in [5.74, 6) is -0.534. The molecule has 0 bridgehead atoms. The molecule has 0 saturated carbocycles. The number of carbonyl (C=O) groups is 3. The van der Waals surface area contributed by atoms with E-state index >= 15 is 0 Å². The largest absolute Gasteiger partial charge is 0.347 e. The number of H-pyrrole nitrogens is 1. The Morgan fingerprint density at radius 1 is 1.14 bits per heavy atom. The fraction of sp³-hybridized carbons (Fsp3) is 0.269. The zero-order valence-electron chi connectivity index (χ0n) is 19.8. The second kappa shape index (κ2) is 10.3. The topological polar surface area (TPSA) is 120 Å². The molecule has 3 amide bonds. The standard InChI is InChI=1S/C26H26N6O3S/c1-2-20(30-24(33)17-3-4-21-18(11-17)14-29-31-21)26(35)32-10-7-22-19(15-32)12-23(36-22)25(34)28-13-16-5-8-27-9-6-16/h3-6,8-9,11-12,14,20H,2,7,10,13,15H2,1H3,(H,28,34)(H,29,31)(H,30,33)/t20-/m1/s1. The molecule has 0 saturated heterocycles. The average Bonchev–Trinajstić information content (AvgIpc) is 3.56. The maximum absolute atomic E-state index is 13.3. The summed E-state index contributed by atoms with van der Waals surface area (Å²) in [5, 5.41) is 13.5. The predicted molar refractivity (Wildman–Crippen MR) is 136 cm³/mol. The summed E-state index contributed by atoms with van der Waals surface area (Å²) in [6.07, 6.45) is 6.22. The summed E-state index contributed by atoms with van der Waals surface area (Å²) in [7, 11) is 0. The summed E-state index contributed by atoms with van der Waals surface area (Å²) >= 11 is 1.48. The van der Waals surface area contributed by atoms with Crippen molar-refractivity contribution in [2.24, 2.45) is 0 Å². The minimum atomic E-state index is -0.624. The molecule has 4 aromatic rings. The highest BCUT2D eigenvalue weighted by Gasteiger charge is 2.29. The molecule has 0 radical (unpaired) electrons. The summed E-state index contributed by atoms with van der Waals surface area (Å²) in [5.41, 5.74) is 3.30. The molecule has 0 unspecified atom stereocenters. The number of nitrogens with one attached hydrogen (secondary N) is 3. The molecule has 184 valence electrons. The van der Waals surface area contributed by atoms with Gasteiger partial charge in [-0.05, 0) is 60.4 Å². The zero-order valence-corrected chi connectivity index (χ0v) is 20.6. The van der Waals surface area contributed by atoms with E-state index < -0.39 is 6.04 Å². The lowest BCUT2D eigenvalue weighted by molar-refractivity contribution is -0.134. The Morgan fingerprint density at radius 3 is 2.78 bits per heavy atom. The molecular formula is C26H26N6O3S. The van der Waals surface area contributed by atoms with Crippen molar-refractivity contribution in [2.75, 3.05) is 6.54 Å². The van der Waals surface area contributed by atoms with Crippen molar-refractivity contribution in [1.82, 2.24) is 30.7 Å². The van der Waals surface area contributed by atoms with Crippen LogP contribution < -0.4 is 10.6 Å². The molecule has 5 rings (SSSR count). The number of aromatic amines is 1. The van der Waals surface area contributed by atoms with Gasteiger partial charge in [-0.15, -0.1) is 11.3 Å². The fourth-order valence-corrected chi connectivity index (χ4v) is 5.37. The normalized spacial score (nSPS) is 13.8. The maximum Gasteiger partial charge on any atom is 0.261 e. The van der Waals surface area contributed by atoms with Gasteiger partial charge < -0.3 is 15.5 Å². The van der Waals surface area contributed by atoms with E-state index in [9.17, 15) is 14.4 Å². The van der Waals surface area contributed by atoms with Crippen molar-refractivity contribution in [1.29, 1.82) is 0 Å². The van der Waals surface area contributed by atoms with Crippen LogP contribution in [0.1, 0.15) is 49.4 Å². The van der Waals surface area contributed by atoms with Crippen molar-refractivity contribution in [3.8, 4) is 0 Å². The second-order valence-corrected chi connectivity index (χ2v) is 9.85. The molecule has 1 atom stereocenters. The van der Waals surface area contributed by atoms with Gasteiger partial charge in [0.1, 0.15) is 6.04 Å². The number of fused-ring (bicyclic) bond motifs is 2. The van der Waals surface area contributed by atoms with E-state index in [-0.39, 0.29) is 17.7 Å². The molecule has 1 aliphatic heterocycles. The van der Waals surface area contributed by atoms with Crippen LogP contribution in [0.4, 0.5) is 0 Å². The first kappa shape index (κ1) is 23.7. The van der Waals surface area contributed by atoms with E-state index in [1.165, 1.54) is 11.3 Å². The van der Waals surface area contributed by atoms with Crippen LogP contribution in [0.15, 0.2) is 55.0 Å². The Hall–Kier alpha value is -4.05. The number of benzene rings is 1. The lowest BCUT2D eigenvalue weighted by Crippen LogP contribution is -2.49. The lowest BCUT2D eigenvalue weighted by atomic mass is 10.1. The Morgan fingerprint density at radius 2 is 1.97 bits per heavy atom. The molecule has 10 heteroatoms. The van der Waals surface area contributed by atoms with Crippen LogP contribution in [0, 0.1) is 0 Å². The average molecular weight is 503 g/mol. The lowest BCUT2D eigenvalue weighted by Gasteiger charge is -2.30. The molecular weight excluding hydrogens is 476 g/mol. The van der Waals surface area contributed by atoms with Gasteiger partial charge in [0.05, 0.1) is 16.6 Å². The molecule has 0 fully saturated rings. The molecule has 9 nitrogen and oxygen atoms in total. The Balaban J connectivity index is 1.21. The van der Waals surface area contributed by atoms with Crippen molar-refractivity contribution in [3.05, 3.63) is 81.4 Å². The Bertz CT molecular complexity index is 1410. The number of nitrogens with zero attached hydrogens (tertiary/aromatic N) is 3. The number of hydrogen-bond acceptors (Lipinski definition) is 6. The van der Waals surface area contributed by atoms with Crippen LogP contribution in [0.2, 0.25) is 0 Å². The smallest absolute Gasteiger partial charge is 0.261 e. The van der Waals surface area contributed by atoms with Crippen LogP contribution in [0.5, 0.6) is 0 Å². The minimum absolute atomic E-state index is 0.115. The van der Waals surface area contributed by atoms with Crippen LogP contribution >= 0.6 is 11.3 Å². The van der Waals surface area contributed by atoms with Gasteiger partial charge in [-0.25, -0.2) is 0 Å². The molecule has 3 aromatic heterocycles. The van der Waals surface area contributed by atoms with Gasteiger partial charge in [0, 0.05) is 47.9 Å². The maximum atomic E-state index is 13.3. The molecule has 3 N–H and O–H groups in total. The predicted octanol–water partition coefficient (Wildman–Crippen LogP) is 3.04. The van der Waals surface area contributed by atoms with Crippen LogP contribution in [-0.2, 0) is 24.3 Å². The number of rotatable bonds is 7. The fourth-order valence-electron chi connectivity index (χ4n) is 4.29. The number of aromatic nitrogens is 3. The summed E-state index contributed by atoms with van der Waals surface area (Å²) in [6.45, 7) is 3.29. The van der Waals surface area contributed by atoms with Gasteiger partial charge >= 0.3 is 0 Å². The third-order valence-corrected chi connectivity index (χ3v) is 7.55. The monoisotopic (exact) mass is 502 g/mol. The molecule has 36 heavy (non-hydrogen) atoms. The number of amides is 3. The van der Waals surface area contributed by atoms with Crippen molar-refractivity contribution in [3.63, 3.8) is 0 Å². The Labute approximate surface area is 211 Å². The van der Waals surface area contributed by atoms with E-state index in [4.69, 9.17) is 0 Å². The van der Waals surface area contributed by atoms with Gasteiger partial charge in [-0.2, -0.15) is 5.10 Å². The quantitative estimate of drug-likeness (QED) is 0.359. The summed E-state index contributed by atoms with van der Waals surface area (Å²) in [4.78, 5) is 46.3. The highest BCUT2D eigenvalue weighted by atomic mass is 32.1. The van der Waals surface area contributed by atoms with Gasteiger partial charge in [-0.3, -0.25) is 24.5 Å². The van der Waals surface area contributed by atoms with Crippen molar-refractivity contribution < 1.29 is 14.4 Å². The highest BCUT2D eigenvalue weighted by Crippen LogP contribution is 2.29. The molecule has 4 heterocycles. The number of thiophene rings is 1. The Kier molecular flexibility index (Phi) is 6.77. The van der Waals surface area contributed by atoms with Crippen LogP contribution in [0.3, 0.4) is 0 Å². The SMILES string of the molecule is CC[C@@H](NC(=O)c1ccc2[nH]ncc2c1)C(=O)N1CCc2sc(C(=O)NCc3ccncc3)cc2C1. The molecule has 0 spiro atoms. The van der Waals surface area contributed by atoms with E-state index in [1.54, 1.807) is 41.7 Å². The van der Waals surface area contributed by atoms with E-state index in [2.05, 4.69) is 25.8 Å². The van der Waals surface area contributed by atoms with Gasteiger partial charge in [0.2, 0.25) is 5.91 Å². The summed E-state index contributed by atoms with van der Waals surface area (Å²) in [6, 6.07) is 10.2. The number of carbonyl (C=O) groups excluding carboxylic acids is 3. The minimum Gasteiger partial charge on any atom is -0.347 e. The van der Waals surface area contributed by atoms with Crippen molar-refractivity contribution in [2.45, 2.75) is 38.9 Å². The van der Waals surface area contributed by atoms with E-state index in [0.717, 1.165) is 26.9 Å². The van der Waals surface area contributed by atoms with Crippen molar-refractivity contribution >= 4 is 40.0 Å². The molecule has 0 aliphatic carbocycles. The van der Waals surface area contributed by atoms with Crippen LogP contribution in [-0.4, -0.2) is 50.4 Å². The zero-order chi connectivity index (χ0) is 25.1. The third-order valence-electron chi connectivity index (χ3n) is 6.32. The number of pyridine rings is 1. The first-order valence-corrected chi connectivity index (χ1v) is 12.6. The van der Waals surface area contributed by atoms with Crippen LogP contribution in [0.25, 0.3) is 10.9 Å². The summed E-state index contributed by atoms with van der Waals surface area (Å²) < 4.78 is 0. The second-order valence-electron chi connectivity index (χ2n) is 8.71. The third kappa shape index (κ3) is 4.99. The highest BCUT2D eigenvalue weighted by molar-refractivity contribution is 7.14. The van der Waals surface area contributed by atoms with E-state index in [1.807, 2.05) is 25.1 Å². The molecule has 1 aliphatic rings. The van der Waals surface area contributed by atoms with Gasteiger partial charge in [-0.1, -0.05) is 6.92 Å². The number of hydrogen-bond donors (Lipinski definition) is 3. The van der Waals surface area contributed by atoms with Gasteiger partial charge in [0.25, 0.3) is 11.8 Å². The molecule has 1 aromatic carbocycles. The van der Waals surface area contributed by atoms with E-state index in [0.29, 0.717) is 42.9 Å².